The smallest absolute Gasteiger partial charge is 0.335 e. The first kappa shape index (κ1) is 16.8. The second-order valence-corrected chi connectivity index (χ2v) is 6.05. The van der Waals surface area contributed by atoms with Crippen molar-refractivity contribution in [3.63, 3.8) is 0 Å². The molecule has 5 heteroatoms. The van der Waals surface area contributed by atoms with Gasteiger partial charge in [-0.3, -0.25) is 4.79 Å². The third-order valence-corrected chi connectivity index (χ3v) is 4.30. The van der Waals surface area contributed by atoms with Gasteiger partial charge in [0.2, 0.25) is 5.91 Å². The van der Waals surface area contributed by atoms with Crippen LogP contribution in [0.5, 0.6) is 0 Å². The molecule has 128 valence electrons. The topological polar surface area (TPSA) is 82.2 Å². The Kier molecular flexibility index (Phi) is 4.84. The van der Waals surface area contributed by atoms with E-state index in [-0.39, 0.29) is 11.5 Å². The molecule has 0 aliphatic rings. The lowest BCUT2D eigenvalue weighted by atomic mass is 10.1. The first-order valence-corrected chi connectivity index (χ1v) is 8.19. The highest BCUT2D eigenvalue weighted by Gasteiger charge is 2.12. The van der Waals surface area contributed by atoms with Crippen LogP contribution in [-0.2, 0) is 17.6 Å². The molecule has 0 spiro atoms. The predicted octanol–water partition coefficient (Wildman–Crippen LogP) is 3.08. The van der Waals surface area contributed by atoms with Gasteiger partial charge in [0.25, 0.3) is 0 Å². The maximum absolute atomic E-state index is 12.2. The number of amides is 1. The maximum atomic E-state index is 12.2. The minimum absolute atomic E-state index is 0.0185. The number of aromatic carboxylic acids is 1. The van der Waals surface area contributed by atoms with Gasteiger partial charge in [0.05, 0.1) is 12.0 Å². The van der Waals surface area contributed by atoms with E-state index in [9.17, 15) is 9.59 Å². The van der Waals surface area contributed by atoms with Crippen LogP contribution in [0, 0.1) is 6.92 Å². The molecule has 3 aromatic rings. The standard InChI is InChI=1S/C20H20N2O3/c1-13-17(16-4-2-3-5-18(16)22-13)12-19(23)21-11-10-14-6-8-15(9-7-14)20(24)25/h2-9,22H,10-12H2,1H3,(H,21,23)(H,24,25). The van der Waals surface area contributed by atoms with E-state index < -0.39 is 5.97 Å². The molecule has 3 N–H and O–H groups in total. The van der Waals surface area contributed by atoms with Crippen LogP contribution in [0.25, 0.3) is 10.9 Å². The molecule has 25 heavy (non-hydrogen) atoms. The van der Waals surface area contributed by atoms with Gasteiger partial charge in [-0.15, -0.1) is 0 Å². The molecule has 1 aromatic heterocycles. The summed E-state index contributed by atoms with van der Waals surface area (Å²) in [5.41, 5.74) is 4.34. The summed E-state index contributed by atoms with van der Waals surface area (Å²) < 4.78 is 0. The van der Waals surface area contributed by atoms with Gasteiger partial charge in [-0.1, -0.05) is 30.3 Å². The largest absolute Gasteiger partial charge is 0.478 e. The van der Waals surface area contributed by atoms with Crippen LogP contribution in [0.3, 0.4) is 0 Å². The predicted molar refractivity (Wildman–Crippen MR) is 96.9 cm³/mol. The Morgan fingerprint density at radius 1 is 1.08 bits per heavy atom. The fourth-order valence-corrected chi connectivity index (χ4v) is 2.95. The average molecular weight is 336 g/mol. The van der Waals surface area contributed by atoms with Gasteiger partial charge in [0.15, 0.2) is 0 Å². The number of benzene rings is 2. The van der Waals surface area contributed by atoms with Crippen molar-refractivity contribution in [2.75, 3.05) is 6.54 Å². The Labute approximate surface area is 145 Å². The van der Waals surface area contributed by atoms with Gasteiger partial charge < -0.3 is 15.4 Å². The lowest BCUT2D eigenvalue weighted by molar-refractivity contribution is -0.120. The number of carboxylic acid groups (broad SMARTS) is 1. The summed E-state index contributed by atoms with van der Waals surface area (Å²) in [5, 5.41) is 12.9. The Hall–Kier alpha value is -3.08. The Balaban J connectivity index is 1.56. The van der Waals surface area contributed by atoms with Crippen LogP contribution >= 0.6 is 0 Å². The van der Waals surface area contributed by atoms with Crippen molar-refractivity contribution in [2.24, 2.45) is 0 Å². The average Bonchev–Trinajstić information content (AvgIpc) is 2.91. The summed E-state index contributed by atoms with van der Waals surface area (Å²) in [6, 6.07) is 14.7. The SMILES string of the molecule is Cc1[nH]c2ccccc2c1CC(=O)NCCc1ccc(C(=O)O)cc1. The van der Waals surface area contributed by atoms with Gasteiger partial charge in [0, 0.05) is 23.1 Å². The summed E-state index contributed by atoms with van der Waals surface area (Å²) in [5.74, 6) is -0.955. The number of hydrogen-bond donors (Lipinski definition) is 3. The minimum atomic E-state index is -0.936. The number of fused-ring (bicyclic) bond motifs is 1. The van der Waals surface area contributed by atoms with Crippen molar-refractivity contribution in [2.45, 2.75) is 19.8 Å². The van der Waals surface area contributed by atoms with Crippen LogP contribution in [0.1, 0.15) is 27.2 Å². The summed E-state index contributed by atoms with van der Waals surface area (Å²) in [6.07, 6.45) is 1.01. The third-order valence-electron chi connectivity index (χ3n) is 4.30. The second-order valence-electron chi connectivity index (χ2n) is 6.05. The van der Waals surface area contributed by atoms with Crippen molar-refractivity contribution >= 4 is 22.8 Å². The number of para-hydroxylation sites is 1. The first-order chi connectivity index (χ1) is 12.0. The van der Waals surface area contributed by atoms with Crippen LogP contribution < -0.4 is 5.32 Å². The number of carboxylic acids is 1. The van der Waals surface area contributed by atoms with Crippen LogP contribution in [0.4, 0.5) is 0 Å². The molecule has 0 saturated carbocycles. The normalized spacial score (nSPS) is 10.8. The molecule has 0 saturated heterocycles. The number of aromatic amines is 1. The first-order valence-electron chi connectivity index (χ1n) is 8.19. The summed E-state index contributed by atoms with van der Waals surface area (Å²) in [7, 11) is 0. The molecule has 0 radical (unpaired) electrons. The zero-order valence-corrected chi connectivity index (χ0v) is 14.0. The summed E-state index contributed by atoms with van der Waals surface area (Å²) in [4.78, 5) is 26.4. The molecular formula is C20H20N2O3. The van der Waals surface area contributed by atoms with Gasteiger partial charge in [-0.2, -0.15) is 0 Å². The molecule has 0 unspecified atom stereocenters. The van der Waals surface area contributed by atoms with E-state index in [0.717, 1.165) is 27.7 Å². The number of rotatable bonds is 6. The molecule has 0 aliphatic carbocycles. The van der Waals surface area contributed by atoms with E-state index in [1.807, 2.05) is 31.2 Å². The van der Waals surface area contributed by atoms with E-state index in [0.29, 0.717) is 19.4 Å². The Morgan fingerprint density at radius 3 is 2.52 bits per heavy atom. The molecule has 2 aromatic carbocycles. The summed E-state index contributed by atoms with van der Waals surface area (Å²) >= 11 is 0. The van der Waals surface area contributed by atoms with E-state index in [1.165, 1.54) is 0 Å². The van der Waals surface area contributed by atoms with Crippen molar-refractivity contribution in [1.82, 2.24) is 10.3 Å². The van der Waals surface area contributed by atoms with Gasteiger partial charge in [-0.05, 0) is 42.7 Å². The highest BCUT2D eigenvalue weighted by molar-refractivity contribution is 5.90. The molecule has 0 bridgehead atoms. The second kappa shape index (κ2) is 7.21. The monoisotopic (exact) mass is 336 g/mol. The van der Waals surface area contributed by atoms with Crippen molar-refractivity contribution in [3.8, 4) is 0 Å². The maximum Gasteiger partial charge on any atom is 0.335 e. The van der Waals surface area contributed by atoms with E-state index in [1.54, 1.807) is 24.3 Å². The fraction of sp³-hybridized carbons (Fsp3) is 0.200. The Morgan fingerprint density at radius 2 is 1.80 bits per heavy atom. The minimum Gasteiger partial charge on any atom is -0.478 e. The van der Waals surface area contributed by atoms with Gasteiger partial charge >= 0.3 is 5.97 Å². The molecule has 1 heterocycles. The van der Waals surface area contributed by atoms with Gasteiger partial charge in [-0.25, -0.2) is 4.79 Å². The molecule has 0 fully saturated rings. The number of aryl methyl sites for hydroxylation is 1. The lowest BCUT2D eigenvalue weighted by Crippen LogP contribution is -2.27. The number of aromatic nitrogens is 1. The molecule has 0 aliphatic heterocycles. The van der Waals surface area contributed by atoms with Crippen LogP contribution in [0.15, 0.2) is 48.5 Å². The van der Waals surface area contributed by atoms with Crippen molar-refractivity contribution < 1.29 is 14.7 Å². The fourth-order valence-electron chi connectivity index (χ4n) is 2.95. The molecule has 0 atom stereocenters. The molecule has 1 amide bonds. The van der Waals surface area contributed by atoms with E-state index >= 15 is 0 Å². The summed E-state index contributed by atoms with van der Waals surface area (Å²) in [6.45, 7) is 2.50. The molecular weight excluding hydrogens is 316 g/mol. The van der Waals surface area contributed by atoms with E-state index in [2.05, 4.69) is 10.3 Å². The van der Waals surface area contributed by atoms with Crippen LogP contribution in [0.2, 0.25) is 0 Å². The number of nitrogens with one attached hydrogen (secondary N) is 2. The quantitative estimate of drug-likeness (QED) is 0.647. The van der Waals surface area contributed by atoms with Crippen molar-refractivity contribution in [3.05, 3.63) is 70.9 Å². The molecule has 3 rings (SSSR count). The van der Waals surface area contributed by atoms with E-state index in [4.69, 9.17) is 5.11 Å². The Bertz CT molecular complexity index is 910. The highest BCUT2D eigenvalue weighted by Crippen LogP contribution is 2.22. The van der Waals surface area contributed by atoms with Crippen molar-refractivity contribution in [1.29, 1.82) is 0 Å². The zero-order chi connectivity index (χ0) is 17.8. The number of carbonyl (C=O) groups is 2. The van der Waals surface area contributed by atoms with Crippen LogP contribution in [-0.4, -0.2) is 28.5 Å². The third kappa shape index (κ3) is 3.88. The lowest BCUT2D eigenvalue weighted by Gasteiger charge is -2.06. The number of carbonyl (C=O) groups excluding carboxylic acids is 1. The zero-order valence-electron chi connectivity index (χ0n) is 14.0. The molecule has 5 nitrogen and oxygen atoms in total. The van der Waals surface area contributed by atoms with Gasteiger partial charge in [0.1, 0.15) is 0 Å². The highest BCUT2D eigenvalue weighted by atomic mass is 16.4. The number of hydrogen-bond acceptors (Lipinski definition) is 2. The number of H-pyrrole nitrogens is 1.